The molecule has 4 N–H and O–H groups in total. The molecular weight excluding hydrogens is 359 g/mol. The summed E-state index contributed by atoms with van der Waals surface area (Å²) in [7, 11) is 0. The van der Waals surface area contributed by atoms with E-state index >= 15 is 0 Å². The molecule has 0 aromatic carbocycles. The molecule has 0 unspecified atom stereocenters. The summed E-state index contributed by atoms with van der Waals surface area (Å²) in [5, 5.41) is 6.30. The summed E-state index contributed by atoms with van der Waals surface area (Å²) in [4.78, 5) is 28.7. The Morgan fingerprint density at radius 1 is 1.30 bits per heavy atom. The molecule has 1 aromatic rings. The van der Waals surface area contributed by atoms with E-state index in [0.717, 1.165) is 11.4 Å². The molecule has 0 saturated carbocycles. The molecule has 0 aliphatic heterocycles. The van der Waals surface area contributed by atoms with E-state index in [1.807, 2.05) is 20.0 Å². The number of aryl methyl sites for hydroxylation is 1. The van der Waals surface area contributed by atoms with Crippen molar-refractivity contribution in [2.24, 2.45) is 11.7 Å². The number of carbonyl (C=O) groups is 2. The summed E-state index contributed by atoms with van der Waals surface area (Å²) in [6.07, 6.45) is 3.55. The molecule has 23 heavy (non-hydrogen) atoms. The van der Waals surface area contributed by atoms with Crippen LogP contribution in [0.15, 0.2) is 6.20 Å². The second-order valence-electron chi connectivity index (χ2n) is 5.16. The van der Waals surface area contributed by atoms with Gasteiger partial charge in [-0.3, -0.25) is 9.59 Å². The number of hydrogen-bond donors (Lipinski definition) is 3. The quantitative estimate of drug-likeness (QED) is 0.629. The number of nitrogens with two attached hydrogens (primary N) is 1. The smallest absolute Gasteiger partial charge is 0.239 e. The van der Waals surface area contributed by atoms with E-state index in [2.05, 4.69) is 22.5 Å². The fraction of sp³-hybridized carbons (Fsp3) is 0.643. The number of carbonyl (C=O) groups excluding carboxylic acids is 2. The molecule has 2 amide bonds. The van der Waals surface area contributed by atoms with E-state index in [1.165, 1.54) is 4.88 Å². The number of halogens is 2. The van der Waals surface area contributed by atoms with Gasteiger partial charge in [0.05, 0.1) is 17.6 Å². The van der Waals surface area contributed by atoms with Crippen molar-refractivity contribution in [2.75, 3.05) is 13.1 Å². The lowest BCUT2D eigenvalue weighted by Gasteiger charge is -2.15. The fourth-order valence-corrected chi connectivity index (χ4v) is 2.45. The van der Waals surface area contributed by atoms with Gasteiger partial charge in [0.2, 0.25) is 11.8 Å². The maximum atomic E-state index is 11.6. The van der Waals surface area contributed by atoms with Crippen LogP contribution < -0.4 is 16.4 Å². The molecule has 0 saturated heterocycles. The van der Waals surface area contributed by atoms with E-state index < -0.39 is 6.04 Å². The monoisotopic (exact) mass is 384 g/mol. The number of nitrogens with one attached hydrogen (secondary N) is 2. The summed E-state index contributed by atoms with van der Waals surface area (Å²) in [6.45, 7) is 6.29. The van der Waals surface area contributed by atoms with Crippen LogP contribution in [0.2, 0.25) is 0 Å². The Morgan fingerprint density at radius 2 is 1.96 bits per heavy atom. The topological polar surface area (TPSA) is 97.1 Å². The van der Waals surface area contributed by atoms with Crippen molar-refractivity contribution < 1.29 is 9.59 Å². The number of thiazole rings is 1. The van der Waals surface area contributed by atoms with Crippen molar-refractivity contribution in [2.45, 2.75) is 39.7 Å². The molecule has 0 aliphatic rings. The average molecular weight is 385 g/mol. The highest BCUT2D eigenvalue weighted by Gasteiger charge is 2.17. The highest BCUT2D eigenvalue weighted by molar-refractivity contribution is 7.11. The first kappa shape index (κ1) is 24.4. The number of aromatic nitrogens is 1. The Bertz CT molecular complexity index is 483. The minimum Gasteiger partial charge on any atom is -0.354 e. The van der Waals surface area contributed by atoms with Gasteiger partial charge in [0.1, 0.15) is 0 Å². The van der Waals surface area contributed by atoms with E-state index in [9.17, 15) is 9.59 Å². The molecule has 1 rings (SSSR count). The molecule has 0 fully saturated rings. The van der Waals surface area contributed by atoms with Gasteiger partial charge in [-0.2, -0.15) is 0 Å². The van der Waals surface area contributed by atoms with Crippen LogP contribution in [0.25, 0.3) is 0 Å². The SMILES string of the molecule is CCc1cnc(CCNC(=O)CNC(=O)[C@@H](N)C(C)C)s1.Cl.Cl. The zero-order chi connectivity index (χ0) is 15.8. The van der Waals surface area contributed by atoms with Gasteiger partial charge in [-0.05, 0) is 12.3 Å². The molecule has 0 spiro atoms. The molecule has 0 radical (unpaired) electrons. The van der Waals surface area contributed by atoms with Crippen molar-refractivity contribution in [1.82, 2.24) is 15.6 Å². The molecular formula is C14H26Cl2N4O2S. The Hall–Kier alpha value is -0.890. The minimum absolute atomic E-state index is 0. The van der Waals surface area contributed by atoms with E-state index in [1.54, 1.807) is 11.3 Å². The van der Waals surface area contributed by atoms with E-state index in [0.29, 0.717) is 13.0 Å². The largest absolute Gasteiger partial charge is 0.354 e. The first-order valence-corrected chi connectivity index (χ1v) is 7.99. The van der Waals surface area contributed by atoms with Crippen molar-refractivity contribution in [1.29, 1.82) is 0 Å². The molecule has 6 nitrogen and oxygen atoms in total. The van der Waals surface area contributed by atoms with Crippen molar-refractivity contribution >= 4 is 48.0 Å². The fourth-order valence-electron chi connectivity index (χ4n) is 1.59. The summed E-state index contributed by atoms with van der Waals surface area (Å²) in [5.41, 5.74) is 5.69. The Kier molecular flexibility index (Phi) is 13.3. The highest BCUT2D eigenvalue weighted by Crippen LogP contribution is 2.13. The van der Waals surface area contributed by atoms with Gasteiger partial charge in [0.25, 0.3) is 0 Å². The summed E-state index contributed by atoms with van der Waals surface area (Å²) in [6, 6.07) is -0.583. The average Bonchev–Trinajstić information content (AvgIpc) is 2.91. The second kappa shape index (κ2) is 12.5. The maximum absolute atomic E-state index is 11.6. The Morgan fingerprint density at radius 3 is 2.48 bits per heavy atom. The molecule has 1 atom stereocenters. The van der Waals surface area contributed by atoms with Gasteiger partial charge >= 0.3 is 0 Å². The van der Waals surface area contributed by atoms with E-state index in [4.69, 9.17) is 5.73 Å². The van der Waals surface area contributed by atoms with Crippen molar-refractivity contribution in [3.8, 4) is 0 Å². The summed E-state index contributed by atoms with van der Waals surface area (Å²) < 4.78 is 0. The van der Waals surface area contributed by atoms with E-state index in [-0.39, 0.29) is 49.1 Å². The van der Waals surface area contributed by atoms with Crippen LogP contribution in [0, 0.1) is 5.92 Å². The van der Waals surface area contributed by atoms with Crippen LogP contribution in [-0.4, -0.2) is 35.9 Å². The predicted molar refractivity (Wildman–Crippen MR) is 98.5 cm³/mol. The van der Waals surface area contributed by atoms with Crippen molar-refractivity contribution in [3.05, 3.63) is 16.1 Å². The second-order valence-corrected chi connectivity index (χ2v) is 6.36. The van der Waals surface area contributed by atoms with Gasteiger partial charge in [-0.1, -0.05) is 20.8 Å². The number of amides is 2. The van der Waals surface area contributed by atoms with Crippen LogP contribution in [-0.2, 0) is 22.4 Å². The summed E-state index contributed by atoms with van der Waals surface area (Å²) in [5.74, 6) is -0.468. The zero-order valence-electron chi connectivity index (χ0n) is 13.6. The molecule has 0 aliphatic carbocycles. The first-order chi connectivity index (χ1) is 9.93. The van der Waals surface area contributed by atoms with Gasteiger partial charge in [0, 0.05) is 24.0 Å². The molecule has 9 heteroatoms. The minimum atomic E-state index is -0.583. The normalized spacial score (nSPS) is 11.2. The van der Waals surface area contributed by atoms with Gasteiger partial charge in [-0.25, -0.2) is 4.98 Å². The van der Waals surface area contributed by atoms with Crippen LogP contribution in [0.5, 0.6) is 0 Å². The lowest BCUT2D eigenvalue weighted by Crippen LogP contribution is -2.47. The molecule has 134 valence electrons. The number of rotatable bonds is 8. The number of nitrogens with zero attached hydrogens (tertiary/aromatic N) is 1. The Balaban J connectivity index is 0. The third kappa shape index (κ3) is 9.10. The maximum Gasteiger partial charge on any atom is 0.239 e. The predicted octanol–water partition coefficient (Wildman–Crippen LogP) is 1.31. The van der Waals surface area contributed by atoms with Gasteiger partial charge < -0.3 is 16.4 Å². The standard InChI is InChI=1S/C14H24N4O2S.2ClH/c1-4-10-7-17-12(21-10)5-6-16-11(19)8-18-14(20)13(15)9(2)3;;/h7,9,13H,4-6,8,15H2,1-3H3,(H,16,19)(H,18,20);2*1H/t13-;;/m0../s1. The van der Waals surface area contributed by atoms with Crippen LogP contribution >= 0.6 is 36.2 Å². The molecule has 1 aromatic heterocycles. The zero-order valence-corrected chi connectivity index (χ0v) is 16.1. The highest BCUT2D eigenvalue weighted by atomic mass is 35.5. The third-order valence-corrected chi connectivity index (χ3v) is 4.26. The van der Waals surface area contributed by atoms with Gasteiger partial charge in [-0.15, -0.1) is 36.2 Å². The molecule has 1 heterocycles. The Labute approximate surface area is 153 Å². The van der Waals surface area contributed by atoms with Crippen LogP contribution in [0.3, 0.4) is 0 Å². The lowest BCUT2D eigenvalue weighted by molar-refractivity contribution is -0.127. The van der Waals surface area contributed by atoms with Crippen LogP contribution in [0.1, 0.15) is 30.7 Å². The molecule has 0 bridgehead atoms. The first-order valence-electron chi connectivity index (χ1n) is 7.17. The number of hydrogen-bond acceptors (Lipinski definition) is 5. The van der Waals surface area contributed by atoms with Crippen LogP contribution in [0.4, 0.5) is 0 Å². The third-order valence-electron chi connectivity index (χ3n) is 3.06. The summed E-state index contributed by atoms with van der Waals surface area (Å²) >= 11 is 1.66. The lowest BCUT2D eigenvalue weighted by atomic mass is 10.1. The van der Waals surface area contributed by atoms with Crippen molar-refractivity contribution in [3.63, 3.8) is 0 Å². The van der Waals surface area contributed by atoms with Gasteiger partial charge in [0.15, 0.2) is 0 Å².